The summed E-state index contributed by atoms with van der Waals surface area (Å²) in [7, 11) is 0. The molecule has 1 fully saturated rings. The molecule has 4 rings (SSSR count). The molecule has 0 spiro atoms. The lowest BCUT2D eigenvalue weighted by Gasteiger charge is -2.16. The molecule has 32 heavy (non-hydrogen) atoms. The SMILES string of the molecule is CC(O)Cc1ccccc1Nc1cc(-c2ccc(C(F)(F)F)cc2NCC2CC2)ncn1. The number of para-hydroxylation sites is 1. The minimum absolute atomic E-state index is 0.408. The van der Waals surface area contributed by atoms with E-state index in [2.05, 4.69) is 20.6 Å². The van der Waals surface area contributed by atoms with Gasteiger partial charge in [-0.05, 0) is 49.4 Å². The molecule has 168 valence electrons. The van der Waals surface area contributed by atoms with Crippen molar-refractivity contribution >= 4 is 17.2 Å². The second-order valence-electron chi connectivity index (χ2n) is 8.21. The van der Waals surface area contributed by atoms with E-state index in [0.717, 1.165) is 36.2 Å². The number of rotatable bonds is 8. The zero-order valence-corrected chi connectivity index (χ0v) is 17.7. The molecule has 3 aromatic rings. The van der Waals surface area contributed by atoms with Crippen molar-refractivity contribution in [1.82, 2.24) is 9.97 Å². The van der Waals surface area contributed by atoms with Crippen LogP contribution in [0.4, 0.5) is 30.4 Å². The van der Waals surface area contributed by atoms with Gasteiger partial charge in [0.15, 0.2) is 0 Å². The van der Waals surface area contributed by atoms with Crippen LogP contribution in [0.1, 0.15) is 30.9 Å². The fourth-order valence-corrected chi connectivity index (χ4v) is 3.52. The number of aliphatic hydroxyl groups excluding tert-OH is 1. The van der Waals surface area contributed by atoms with E-state index in [1.54, 1.807) is 13.0 Å². The van der Waals surface area contributed by atoms with Gasteiger partial charge in [-0.25, -0.2) is 9.97 Å². The predicted molar refractivity (Wildman–Crippen MR) is 119 cm³/mol. The molecule has 1 aliphatic rings. The van der Waals surface area contributed by atoms with Gasteiger partial charge in [0.05, 0.1) is 17.4 Å². The number of hydrogen-bond acceptors (Lipinski definition) is 5. The third-order valence-corrected chi connectivity index (χ3v) is 5.36. The highest BCUT2D eigenvalue weighted by Gasteiger charge is 2.31. The number of aliphatic hydroxyl groups is 1. The molecule has 0 radical (unpaired) electrons. The van der Waals surface area contributed by atoms with E-state index in [-0.39, 0.29) is 0 Å². The molecule has 0 aliphatic heterocycles. The van der Waals surface area contributed by atoms with Crippen LogP contribution in [0.15, 0.2) is 54.9 Å². The lowest BCUT2D eigenvalue weighted by Crippen LogP contribution is -2.09. The van der Waals surface area contributed by atoms with Crippen molar-refractivity contribution in [2.75, 3.05) is 17.2 Å². The van der Waals surface area contributed by atoms with Crippen molar-refractivity contribution in [3.63, 3.8) is 0 Å². The highest BCUT2D eigenvalue weighted by Crippen LogP contribution is 2.37. The summed E-state index contributed by atoms with van der Waals surface area (Å²) < 4.78 is 39.8. The number of alkyl halides is 3. The van der Waals surface area contributed by atoms with Gasteiger partial charge in [0, 0.05) is 36.0 Å². The first kappa shape index (κ1) is 22.1. The van der Waals surface area contributed by atoms with Crippen LogP contribution in [0, 0.1) is 5.92 Å². The second-order valence-corrected chi connectivity index (χ2v) is 8.21. The van der Waals surface area contributed by atoms with Crippen LogP contribution >= 0.6 is 0 Å². The van der Waals surface area contributed by atoms with Gasteiger partial charge in [0.2, 0.25) is 0 Å². The Morgan fingerprint density at radius 1 is 1.06 bits per heavy atom. The number of aromatic nitrogens is 2. The average Bonchev–Trinajstić information content (AvgIpc) is 3.57. The minimum atomic E-state index is -4.42. The summed E-state index contributed by atoms with van der Waals surface area (Å²) in [6.07, 6.45) is -0.859. The van der Waals surface area contributed by atoms with E-state index in [9.17, 15) is 18.3 Å². The number of anilines is 3. The summed E-state index contributed by atoms with van der Waals surface area (Å²) in [4.78, 5) is 8.57. The van der Waals surface area contributed by atoms with E-state index in [1.807, 2.05) is 24.3 Å². The smallest absolute Gasteiger partial charge is 0.393 e. The van der Waals surface area contributed by atoms with Crippen LogP contribution in [0.5, 0.6) is 0 Å². The Kier molecular flexibility index (Phi) is 6.32. The predicted octanol–water partition coefficient (Wildman–Crippen LogP) is 5.65. The van der Waals surface area contributed by atoms with Crippen molar-refractivity contribution in [3.05, 3.63) is 66.0 Å². The molecule has 1 unspecified atom stereocenters. The van der Waals surface area contributed by atoms with E-state index < -0.39 is 17.8 Å². The third kappa shape index (κ3) is 5.56. The highest BCUT2D eigenvalue weighted by atomic mass is 19.4. The molecule has 1 heterocycles. The van der Waals surface area contributed by atoms with Gasteiger partial charge in [-0.15, -0.1) is 0 Å². The maximum Gasteiger partial charge on any atom is 0.416 e. The van der Waals surface area contributed by atoms with Gasteiger partial charge < -0.3 is 15.7 Å². The lowest BCUT2D eigenvalue weighted by atomic mass is 10.0. The molecule has 1 atom stereocenters. The van der Waals surface area contributed by atoms with Crippen molar-refractivity contribution in [2.45, 2.75) is 38.5 Å². The van der Waals surface area contributed by atoms with Gasteiger partial charge in [0.1, 0.15) is 12.1 Å². The van der Waals surface area contributed by atoms with E-state index in [1.165, 1.54) is 12.4 Å². The molecular weight excluding hydrogens is 417 g/mol. The van der Waals surface area contributed by atoms with Crippen LogP contribution in [0.25, 0.3) is 11.3 Å². The van der Waals surface area contributed by atoms with Crippen LogP contribution in [-0.2, 0) is 12.6 Å². The third-order valence-electron chi connectivity index (χ3n) is 5.36. The topological polar surface area (TPSA) is 70.1 Å². The second kappa shape index (κ2) is 9.16. The van der Waals surface area contributed by atoms with Gasteiger partial charge in [-0.3, -0.25) is 0 Å². The summed E-state index contributed by atoms with van der Waals surface area (Å²) in [6, 6.07) is 13.0. The Labute approximate surface area is 184 Å². The Morgan fingerprint density at radius 3 is 2.56 bits per heavy atom. The molecule has 8 heteroatoms. The molecule has 1 aliphatic carbocycles. The van der Waals surface area contributed by atoms with Crippen LogP contribution in [-0.4, -0.2) is 27.7 Å². The fourth-order valence-electron chi connectivity index (χ4n) is 3.52. The average molecular weight is 442 g/mol. The van der Waals surface area contributed by atoms with Crippen LogP contribution in [0.3, 0.4) is 0 Å². The van der Waals surface area contributed by atoms with Gasteiger partial charge in [-0.1, -0.05) is 24.3 Å². The van der Waals surface area contributed by atoms with Crippen LogP contribution < -0.4 is 10.6 Å². The normalized spacial score (nSPS) is 14.8. The molecular formula is C24H25F3N4O. The quantitative estimate of drug-likeness (QED) is 0.421. The minimum Gasteiger partial charge on any atom is -0.393 e. The van der Waals surface area contributed by atoms with Crippen molar-refractivity contribution in [2.24, 2.45) is 5.92 Å². The van der Waals surface area contributed by atoms with Gasteiger partial charge in [0.25, 0.3) is 0 Å². The molecule has 0 amide bonds. The zero-order valence-electron chi connectivity index (χ0n) is 17.7. The number of benzene rings is 2. The summed E-state index contributed by atoms with van der Waals surface area (Å²) >= 11 is 0. The molecule has 5 nitrogen and oxygen atoms in total. The molecule has 0 bridgehead atoms. The first-order valence-corrected chi connectivity index (χ1v) is 10.6. The molecule has 2 aromatic carbocycles. The molecule has 3 N–H and O–H groups in total. The molecule has 1 saturated carbocycles. The molecule has 1 aromatic heterocycles. The Bertz CT molecular complexity index is 1080. The zero-order chi connectivity index (χ0) is 22.7. The lowest BCUT2D eigenvalue weighted by molar-refractivity contribution is -0.137. The van der Waals surface area contributed by atoms with Gasteiger partial charge in [-0.2, -0.15) is 13.2 Å². The standard InChI is InChI=1S/C24H25F3N4O/c1-15(32)10-17-4-2-3-5-20(17)31-23-12-22(29-14-30-23)19-9-8-18(24(25,26)27)11-21(19)28-13-16-6-7-16/h2-5,8-9,11-12,14-16,28,32H,6-7,10,13H2,1H3,(H,29,30,31). The van der Waals surface area contributed by atoms with E-state index >= 15 is 0 Å². The van der Waals surface area contributed by atoms with E-state index in [0.29, 0.717) is 41.6 Å². The summed E-state index contributed by atoms with van der Waals surface area (Å²) in [5, 5.41) is 16.2. The first-order valence-electron chi connectivity index (χ1n) is 10.6. The number of halogens is 3. The van der Waals surface area contributed by atoms with E-state index in [4.69, 9.17) is 0 Å². The Morgan fingerprint density at radius 2 is 1.84 bits per heavy atom. The van der Waals surface area contributed by atoms with Crippen molar-refractivity contribution in [3.8, 4) is 11.3 Å². The largest absolute Gasteiger partial charge is 0.416 e. The number of nitrogens with one attached hydrogen (secondary N) is 2. The van der Waals surface area contributed by atoms with Crippen molar-refractivity contribution < 1.29 is 18.3 Å². The molecule has 0 saturated heterocycles. The van der Waals surface area contributed by atoms with Gasteiger partial charge >= 0.3 is 6.18 Å². The summed E-state index contributed by atoms with van der Waals surface area (Å²) in [5.41, 5.74) is 2.55. The maximum atomic E-state index is 13.3. The Balaban J connectivity index is 1.64. The summed E-state index contributed by atoms with van der Waals surface area (Å²) in [6.45, 7) is 2.36. The fraction of sp³-hybridized carbons (Fsp3) is 0.333. The maximum absolute atomic E-state index is 13.3. The number of nitrogens with zero attached hydrogens (tertiary/aromatic N) is 2. The highest BCUT2D eigenvalue weighted by molar-refractivity contribution is 5.78. The van der Waals surface area contributed by atoms with Crippen molar-refractivity contribution in [1.29, 1.82) is 0 Å². The van der Waals surface area contributed by atoms with Crippen LogP contribution in [0.2, 0.25) is 0 Å². The first-order chi connectivity index (χ1) is 15.3. The monoisotopic (exact) mass is 442 g/mol. The summed E-state index contributed by atoms with van der Waals surface area (Å²) in [5.74, 6) is 1.02. The Hall–Kier alpha value is -3.13. The number of hydrogen-bond donors (Lipinski definition) is 3.